The van der Waals surface area contributed by atoms with Crippen LogP contribution in [0.2, 0.25) is 0 Å². The Balaban J connectivity index is 1.52. The summed E-state index contributed by atoms with van der Waals surface area (Å²) >= 11 is 0. The van der Waals surface area contributed by atoms with Gasteiger partial charge in [-0.2, -0.15) is 0 Å². The lowest BCUT2D eigenvalue weighted by Gasteiger charge is -2.55. The van der Waals surface area contributed by atoms with Crippen molar-refractivity contribution in [1.82, 2.24) is 0 Å². The molecule has 6 atom stereocenters. The number of hydrogen-bond acceptors (Lipinski definition) is 3. The molecule has 2 fully saturated rings. The number of ketones is 1. The Hall–Kier alpha value is -1.38. The van der Waals surface area contributed by atoms with Gasteiger partial charge < -0.3 is 4.74 Å². The van der Waals surface area contributed by atoms with Crippen molar-refractivity contribution < 1.29 is 14.3 Å². The molecule has 5 rings (SSSR count). The van der Waals surface area contributed by atoms with E-state index in [0.29, 0.717) is 29.5 Å². The van der Waals surface area contributed by atoms with Crippen LogP contribution in [0.4, 0.5) is 0 Å². The highest BCUT2D eigenvalue weighted by Gasteiger charge is 2.65. The quantitative estimate of drug-likeness (QED) is 0.486. The summed E-state index contributed by atoms with van der Waals surface area (Å²) in [6.07, 6.45) is 11.8. The minimum atomic E-state index is -0.351. The molecule has 0 bridgehead atoms. The summed E-state index contributed by atoms with van der Waals surface area (Å²) in [5, 5.41) is 0. The number of allylic oxidation sites excluding steroid dienone is 2. The van der Waals surface area contributed by atoms with Crippen LogP contribution in [0.15, 0.2) is 23.3 Å². The summed E-state index contributed by atoms with van der Waals surface area (Å²) in [5.74, 6) is 2.90. The number of esters is 1. The van der Waals surface area contributed by atoms with E-state index in [9.17, 15) is 9.59 Å². The molecule has 0 N–H and O–H groups in total. The third-order valence-electron chi connectivity index (χ3n) is 8.50. The second kappa shape index (κ2) is 5.08. The van der Waals surface area contributed by atoms with E-state index < -0.39 is 0 Å². The average molecular weight is 340 g/mol. The lowest BCUT2D eigenvalue weighted by atomic mass is 9.50. The predicted molar refractivity (Wildman–Crippen MR) is 94.7 cm³/mol. The normalized spacial score (nSPS) is 48.4. The smallest absolute Gasteiger partial charge is 0.331 e. The molecule has 1 aliphatic heterocycles. The van der Waals surface area contributed by atoms with Crippen LogP contribution in [0.5, 0.6) is 0 Å². The van der Waals surface area contributed by atoms with Gasteiger partial charge in [0, 0.05) is 24.3 Å². The highest BCUT2D eigenvalue weighted by atomic mass is 16.6. The standard InChI is InChI=1S/C22H28O3/c1-13-11-14-12-15(23)3-4-16(14)17-5-8-21(2)18(20(13)17)6-9-22(21)10-7-19(24)25-22/h7,10,13,17-18,20H,3-6,8-9,11-12H2,1-2H3/t13-,17-,18+,20-,21+,22-/m1/s1. The molecule has 0 radical (unpaired) electrons. The fourth-order valence-corrected chi connectivity index (χ4v) is 7.39. The molecular weight excluding hydrogens is 312 g/mol. The van der Waals surface area contributed by atoms with Gasteiger partial charge in [-0.15, -0.1) is 0 Å². The van der Waals surface area contributed by atoms with Gasteiger partial charge in [0.25, 0.3) is 0 Å². The van der Waals surface area contributed by atoms with Crippen molar-refractivity contribution in [2.75, 3.05) is 0 Å². The van der Waals surface area contributed by atoms with Crippen LogP contribution in [0.3, 0.4) is 0 Å². The summed E-state index contributed by atoms with van der Waals surface area (Å²) in [7, 11) is 0. The van der Waals surface area contributed by atoms with E-state index in [1.165, 1.54) is 18.4 Å². The minimum Gasteiger partial charge on any atom is -0.451 e. The van der Waals surface area contributed by atoms with Crippen molar-refractivity contribution in [3.63, 3.8) is 0 Å². The Bertz CT molecular complexity index is 717. The topological polar surface area (TPSA) is 43.4 Å². The zero-order valence-electron chi connectivity index (χ0n) is 15.3. The molecule has 5 aliphatic rings. The molecule has 3 nitrogen and oxygen atoms in total. The van der Waals surface area contributed by atoms with Crippen LogP contribution in [0.1, 0.15) is 65.2 Å². The van der Waals surface area contributed by atoms with E-state index in [1.54, 1.807) is 11.6 Å². The Morgan fingerprint density at radius 3 is 2.76 bits per heavy atom. The van der Waals surface area contributed by atoms with Crippen molar-refractivity contribution in [3.05, 3.63) is 23.3 Å². The zero-order chi connectivity index (χ0) is 17.4. The van der Waals surface area contributed by atoms with Gasteiger partial charge in [0.05, 0.1) is 0 Å². The first-order valence-electron chi connectivity index (χ1n) is 10.1. The van der Waals surface area contributed by atoms with Crippen molar-refractivity contribution in [3.8, 4) is 0 Å². The first-order chi connectivity index (χ1) is 11.9. The maximum absolute atomic E-state index is 11.9. The number of rotatable bonds is 0. The van der Waals surface area contributed by atoms with E-state index >= 15 is 0 Å². The van der Waals surface area contributed by atoms with Gasteiger partial charge in [-0.3, -0.25) is 4.79 Å². The largest absolute Gasteiger partial charge is 0.451 e. The van der Waals surface area contributed by atoms with Crippen molar-refractivity contribution in [1.29, 1.82) is 0 Å². The van der Waals surface area contributed by atoms with Crippen LogP contribution < -0.4 is 0 Å². The average Bonchev–Trinajstić information content (AvgIpc) is 3.09. The summed E-state index contributed by atoms with van der Waals surface area (Å²) in [6, 6.07) is 0. The van der Waals surface area contributed by atoms with E-state index in [1.807, 2.05) is 0 Å². The molecule has 4 aliphatic carbocycles. The molecule has 3 heteroatoms. The number of hydrogen-bond donors (Lipinski definition) is 0. The zero-order valence-corrected chi connectivity index (χ0v) is 15.3. The SMILES string of the molecule is C[C@@H]1CC2=C(CCC(=O)C2)[C@H]2CC[C@@]3(C)[C@@H](CC[C@@]34C=CC(=O)O4)[C@H]12. The highest BCUT2D eigenvalue weighted by Crippen LogP contribution is 2.67. The predicted octanol–water partition coefficient (Wildman–Crippen LogP) is 4.37. The van der Waals surface area contributed by atoms with Crippen LogP contribution in [0.25, 0.3) is 0 Å². The maximum atomic E-state index is 11.9. The molecule has 0 amide bonds. The van der Waals surface area contributed by atoms with E-state index in [4.69, 9.17) is 4.74 Å². The third kappa shape index (κ3) is 1.98. The molecular formula is C22H28O3. The number of Topliss-reactive ketones (excluding diaryl/α,β-unsaturated/α-hetero) is 1. The third-order valence-corrected chi connectivity index (χ3v) is 8.50. The highest BCUT2D eigenvalue weighted by molar-refractivity contribution is 5.85. The number of carbonyl (C=O) groups is 2. The van der Waals surface area contributed by atoms with Crippen molar-refractivity contribution in [2.45, 2.75) is 70.8 Å². The molecule has 0 saturated heterocycles. The number of fused-ring (bicyclic) bond motifs is 5. The van der Waals surface area contributed by atoms with Gasteiger partial charge in [-0.25, -0.2) is 4.79 Å². The number of ether oxygens (including phenoxy) is 1. The van der Waals surface area contributed by atoms with Crippen LogP contribution >= 0.6 is 0 Å². The molecule has 1 heterocycles. The van der Waals surface area contributed by atoms with Gasteiger partial charge >= 0.3 is 5.97 Å². The molecule has 0 aromatic rings. The Morgan fingerprint density at radius 2 is 2.00 bits per heavy atom. The van der Waals surface area contributed by atoms with Gasteiger partial charge in [0.15, 0.2) is 0 Å². The number of carbonyl (C=O) groups excluding carboxylic acids is 2. The van der Waals surface area contributed by atoms with E-state index in [2.05, 4.69) is 19.9 Å². The van der Waals surface area contributed by atoms with E-state index in [0.717, 1.165) is 38.5 Å². The first kappa shape index (κ1) is 15.8. The fraction of sp³-hybridized carbons (Fsp3) is 0.727. The van der Waals surface area contributed by atoms with E-state index in [-0.39, 0.29) is 17.0 Å². The van der Waals surface area contributed by atoms with Crippen LogP contribution in [-0.4, -0.2) is 17.4 Å². The maximum Gasteiger partial charge on any atom is 0.331 e. The van der Waals surface area contributed by atoms with Gasteiger partial charge in [0.1, 0.15) is 11.4 Å². The summed E-state index contributed by atoms with van der Waals surface area (Å²) in [6.45, 7) is 4.78. The Labute approximate surface area is 149 Å². The lowest BCUT2D eigenvalue weighted by Crippen LogP contribution is -2.52. The molecule has 0 aromatic heterocycles. The van der Waals surface area contributed by atoms with Gasteiger partial charge in [-0.05, 0) is 68.3 Å². The van der Waals surface area contributed by atoms with Crippen LogP contribution in [0, 0.1) is 29.1 Å². The molecule has 2 saturated carbocycles. The first-order valence-corrected chi connectivity index (χ1v) is 10.1. The molecule has 0 aromatic carbocycles. The monoisotopic (exact) mass is 340 g/mol. The molecule has 25 heavy (non-hydrogen) atoms. The second-order valence-corrected chi connectivity index (χ2v) is 9.45. The van der Waals surface area contributed by atoms with Gasteiger partial charge in [0.2, 0.25) is 0 Å². The second-order valence-electron chi connectivity index (χ2n) is 9.45. The Kier molecular flexibility index (Phi) is 3.22. The summed E-state index contributed by atoms with van der Waals surface area (Å²) in [5.41, 5.74) is 2.85. The fourth-order valence-electron chi connectivity index (χ4n) is 7.39. The summed E-state index contributed by atoms with van der Waals surface area (Å²) in [4.78, 5) is 23.8. The molecule has 1 spiro atoms. The minimum absolute atomic E-state index is 0.0770. The van der Waals surface area contributed by atoms with Gasteiger partial charge in [-0.1, -0.05) is 25.0 Å². The molecule has 134 valence electrons. The van der Waals surface area contributed by atoms with Crippen molar-refractivity contribution >= 4 is 11.8 Å². The molecule has 0 unspecified atom stereocenters. The van der Waals surface area contributed by atoms with Crippen LogP contribution in [-0.2, 0) is 14.3 Å². The Morgan fingerprint density at radius 1 is 1.16 bits per heavy atom. The summed E-state index contributed by atoms with van der Waals surface area (Å²) < 4.78 is 5.91. The van der Waals surface area contributed by atoms with Crippen molar-refractivity contribution in [2.24, 2.45) is 29.1 Å². The lowest BCUT2D eigenvalue weighted by molar-refractivity contribution is -0.160.